The highest BCUT2D eigenvalue weighted by atomic mass is 19.4. The minimum absolute atomic E-state index is 0.0620. The zero-order valence-corrected chi connectivity index (χ0v) is 24.8. The number of carbonyl (C=O) groups is 2. The molecule has 4 aromatic rings. The number of halogens is 3. The topological polar surface area (TPSA) is 105 Å². The van der Waals surface area contributed by atoms with Gasteiger partial charge in [-0.2, -0.15) is 0 Å². The Balaban J connectivity index is 1.48. The van der Waals surface area contributed by atoms with Crippen LogP contribution in [-0.2, 0) is 11.3 Å². The van der Waals surface area contributed by atoms with Gasteiger partial charge in [-0.25, -0.2) is 14.7 Å². The van der Waals surface area contributed by atoms with Gasteiger partial charge in [0.15, 0.2) is 5.75 Å². The van der Waals surface area contributed by atoms with Crippen LogP contribution in [0.2, 0.25) is 0 Å². The third kappa shape index (κ3) is 6.87. The highest BCUT2D eigenvalue weighted by Crippen LogP contribution is 2.40. The Morgan fingerprint density at radius 1 is 0.800 bits per heavy atom. The van der Waals surface area contributed by atoms with Gasteiger partial charge in [-0.1, -0.05) is 12.1 Å². The first kappa shape index (κ1) is 31.0. The van der Waals surface area contributed by atoms with Gasteiger partial charge in [0.05, 0.1) is 19.9 Å². The summed E-state index contributed by atoms with van der Waals surface area (Å²) in [6, 6.07) is 22.1. The first-order valence-electron chi connectivity index (χ1n) is 13.7. The fourth-order valence-electron chi connectivity index (χ4n) is 4.80. The molecule has 45 heavy (non-hydrogen) atoms. The maximum Gasteiger partial charge on any atom is 0.573 e. The number of nitrogens with zero attached hydrogens (tertiary/aromatic N) is 3. The summed E-state index contributed by atoms with van der Waals surface area (Å²) in [7, 11) is 3.14. The predicted octanol–water partition coefficient (Wildman–Crippen LogP) is 7.23. The van der Waals surface area contributed by atoms with E-state index in [0.717, 1.165) is 22.3 Å². The molecule has 10 nitrogen and oxygen atoms in total. The van der Waals surface area contributed by atoms with Crippen LogP contribution < -0.4 is 29.7 Å². The summed E-state index contributed by atoms with van der Waals surface area (Å²) >= 11 is 0. The van der Waals surface area contributed by atoms with Gasteiger partial charge >= 0.3 is 12.4 Å². The van der Waals surface area contributed by atoms with Gasteiger partial charge in [-0.05, 0) is 92.2 Å². The maximum atomic E-state index is 13.8. The SMILES string of the molecule is COc1ccc(Nc2cc(CN3C(=O)N(c4ccccc4OC(F)(F)F)C(=O)C3(C)C)cc(Nc3ccc(OC)cc3)n2)cc1. The molecule has 1 fully saturated rings. The number of urea groups is 1. The second-order valence-electron chi connectivity index (χ2n) is 10.5. The molecule has 234 valence electrons. The molecule has 1 saturated heterocycles. The van der Waals surface area contributed by atoms with Crippen molar-refractivity contribution in [1.29, 1.82) is 0 Å². The Bertz CT molecular complexity index is 1630. The number of methoxy groups -OCH3 is 2. The van der Waals surface area contributed by atoms with E-state index in [1.165, 1.54) is 36.9 Å². The van der Waals surface area contributed by atoms with Crippen molar-refractivity contribution < 1.29 is 37.0 Å². The van der Waals surface area contributed by atoms with Crippen molar-refractivity contribution in [2.75, 3.05) is 29.8 Å². The molecule has 1 aromatic heterocycles. The first-order valence-corrected chi connectivity index (χ1v) is 13.7. The lowest BCUT2D eigenvalue weighted by molar-refractivity contribution is -0.274. The molecular formula is C32H30F3N5O5. The molecule has 0 bridgehead atoms. The fourth-order valence-corrected chi connectivity index (χ4v) is 4.80. The number of ether oxygens (including phenoxy) is 3. The first-order chi connectivity index (χ1) is 21.4. The van der Waals surface area contributed by atoms with Gasteiger partial charge in [0, 0.05) is 17.9 Å². The van der Waals surface area contributed by atoms with Crippen molar-refractivity contribution in [2.45, 2.75) is 32.3 Å². The van der Waals surface area contributed by atoms with Crippen LogP contribution in [0.25, 0.3) is 0 Å². The van der Waals surface area contributed by atoms with Crippen molar-refractivity contribution in [1.82, 2.24) is 9.88 Å². The summed E-state index contributed by atoms with van der Waals surface area (Å²) in [4.78, 5) is 34.0. The molecular weight excluding hydrogens is 591 g/mol. The maximum absolute atomic E-state index is 13.8. The molecule has 0 spiro atoms. The minimum Gasteiger partial charge on any atom is -0.497 e. The molecule has 0 radical (unpaired) electrons. The number of aromatic nitrogens is 1. The van der Waals surface area contributed by atoms with Crippen LogP contribution in [-0.4, -0.2) is 47.9 Å². The van der Waals surface area contributed by atoms with Crippen molar-refractivity contribution in [3.8, 4) is 17.2 Å². The van der Waals surface area contributed by atoms with Gasteiger partial charge in [0.2, 0.25) is 0 Å². The highest BCUT2D eigenvalue weighted by Gasteiger charge is 2.52. The van der Waals surface area contributed by atoms with E-state index in [1.807, 2.05) is 24.3 Å². The number of rotatable bonds is 10. The molecule has 1 aliphatic rings. The molecule has 0 atom stereocenters. The number of para-hydroxylation sites is 2. The standard InChI is InChI=1S/C32H30F3N5O5/c1-31(2)29(41)40(25-7-5-6-8-26(25)45-32(33,34)35)30(42)39(31)19-20-17-27(36-21-9-13-23(43-3)14-10-21)38-28(18-20)37-22-11-15-24(44-4)16-12-22/h5-18H,19H2,1-4H3,(H2,36,37,38). The number of hydrogen-bond acceptors (Lipinski definition) is 8. The van der Waals surface area contributed by atoms with E-state index in [2.05, 4.69) is 20.4 Å². The smallest absolute Gasteiger partial charge is 0.497 e. The molecule has 2 N–H and O–H groups in total. The largest absolute Gasteiger partial charge is 0.573 e. The van der Waals surface area contributed by atoms with E-state index in [9.17, 15) is 22.8 Å². The molecule has 3 aromatic carbocycles. The number of benzene rings is 3. The van der Waals surface area contributed by atoms with Crippen molar-refractivity contribution in [3.63, 3.8) is 0 Å². The molecule has 0 unspecified atom stereocenters. The van der Waals surface area contributed by atoms with Crippen LogP contribution in [0, 0.1) is 0 Å². The number of carbonyl (C=O) groups excluding carboxylic acids is 2. The second-order valence-corrected chi connectivity index (χ2v) is 10.5. The molecule has 2 heterocycles. The number of nitrogens with one attached hydrogen (secondary N) is 2. The average Bonchev–Trinajstić information content (AvgIpc) is 3.16. The monoisotopic (exact) mass is 621 g/mol. The Hall–Kier alpha value is -5.46. The number of alkyl halides is 3. The van der Waals surface area contributed by atoms with Crippen LogP contribution in [0.4, 0.5) is 46.7 Å². The van der Waals surface area contributed by atoms with E-state index in [0.29, 0.717) is 28.7 Å². The van der Waals surface area contributed by atoms with Gasteiger partial charge in [0.1, 0.15) is 28.7 Å². The average molecular weight is 622 g/mol. The normalized spacial score (nSPS) is 14.4. The number of imide groups is 1. The van der Waals surface area contributed by atoms with E-state index < -0.39 is 29.6 Å². The third-order valence-corrected chi connectivity index (χ3v) is 7.11. The summed E-state index contributed by atoms with van der Waals surface area (Å²) in [6.45, 7) is 3.01. The van der Waals surface area contributed by atoms with Crippen molar-refractivity contribution in [3.05, 3.63) is 90.5 Å². The Labute approximate surface area is 257 Å². The van der Waals surface area contributed by atoms with Gasteiger partial charge in [0.25, 0.3) is 5.91 Å². The summed E-state index contributed by atoms with van der Waals surface area (Å²) in [5.74, 6) is 0.860. The number of pyridine rings is 1. The summed E-state index contributed by atoms with van der Waals surface area (Å²) in [5, 5.41) is 6.48. The van der Waals surface area contributed by atoms with E-state index in [4.69, 9.17) is 9.47 Å². The minimum atomic E-state index is -5.02. The third-order valence-electron chi connectivity index (χ3n) is 7.11. The van der Waals surface area contributed by atoms with Crippen molar-refractivity contribution in [2.24, 2.45) is 0 Å². The molecule has 13 heteroatoms. The second kappa shape index (κ2) is 12.3. The lowest BCUT2D eigenvalue weighted by atomic mass is 10.0. The summed E-state index contributed by atoms with van der Waals surface area (Å²) in [6.07, 6.45) is -5.02. The van der Waals surface area contributed by atoms with Crippen LogP contribution in [0.5, 0.6) is 17.2 Å². The van der Waals surface area contributed by atoms with Crippen LogP contribution in [0.3, 0.4) is 0 Å². The Kier molecular flexibility index (Phi) is 8.45. The van der Waals surface area contributed by atoms with Crippen LogP contribution in [0.1, 0.15) is 19.4 Å². The lowest BCUT2D eigenvalue weighted by Gasteiger charge is -2.28. The number of amides is 3. The zero-order valence-electron chi connectivity index (χ0n) is 24.8. The van der Waals surface area contributed by atoms with E-state index in [1.54, 1.807) is 50.6 Å². The van der Waals surface area contributed by atoms with Crippen molar-refractivity contribution >= 4 is 40.6 Å². The zero-order chi connectivity index (χ0) is 32.4. The fraction of sp³-hybridized carbons (Fsp3) is 0.219. The lowest BCUT2D eigenvalue weighted by Crippen LogP contribution is -2.43. The highest BCUT2D eigenvalue weighted by molar-refractivity contribution is 6.23. The van der Waals surface area contributed by atoms with E-state index >= 15 is 0 Å². The number of anilines is 5. The Morgan fingerprint density at radius 3 is 1.80 bits per heavy atom. The van der Waals surface area contributed by atoms with E-state index in [-0.39, 0.29) is 12.2 Å². The van der Waals surface area contributed by atoms with Crippen LogP contribution in [0.15, 0.2) is 84.9 Å². The quantitative estimate of drug-likeness (QED) is 0.179. The predicted molar refractivity (Wildman–Crippen MR) is 162 cm³/mol. The summed E-state index contributed by atoms with van der Waals surface area (Å²) in [5.41, 5.74) is 0.317. The summed E-state index contributed by atoms with van der Waals surface area (Å²) < 4.78 is 54.0. The van der Waals surface area contributed by atoms with Gasteiger partial charge in [-0.15, -0.1) is 13.2 Å². The molecule has 1 aliphatic heterocycles. The Morgan fingerprint density at radius 2 is 1.31 bits per heavy atom. The number of hydrogen-bond donors (Lipinski definition) is 2. The van der Waals surface area contributed by atoms with Gasteiger partial charge < -0.3 is 29.7 Å². The molecule has 0 saturated carbocycles. The molecule has 5 rings (SSSR count). The van der Waals surface area contributed by atoms with Crippen LogP contribution >= 0.6 is 0 Å². The molecule has 0 aliphatic carbocycles. The molecule has 3 amide bonds. The van der Waals surface area contributed by atoms with Gasteiger partial charge in [-0.3, -0.25) is 4.79 Å².